The van der Waals surface area contributed by atoms with Crippen LogP contribution < -0.4 is 5.73 Å². The Morgan fingerprint density at radius 3 is 2.95 bits per heavy atom. The zero-order valence-corrected chi connectivity index (χ0v) is 12.3. The zero-order chi connectivity index (χ0) is 13.7. The summed E-state index contributed by atoms with van der Waals surface area (Å²) in [6, 6.07) is 0. The van der Waals surface area contributed by atoms with Gasteiger partial charge in [0.05, 0.1) is 12.7 Å². The van der Waals surface area contributed by atoms with E-state index in [0.717, 1.165) is 32.5 Å². The van der Waals surface area contributed by atoms with Gasteiger partial charge in [0.2, 0.25) is 0 Å². The Hall–Kier alpha value is -0.160. The van der Waals surface area contributed by atoms with Crippen molar-refractivity contribution in [3.63, 3.8) is 0 Å². The number of hydrogen-bond acceptors (Lipinski definition) is 4. The van der Waals surface area contributed by atoms with Crippen LogP contribution in [-0.4, -0.2) is 54.5 Å². The number of rotatable bonds is 6. The van der Waals surface area contributed by atoms with E-state index in [0.29, 0.717) is 12.0 Å². The highest BCUT2D eigenvalue weighted by molar-refractivity contribution is 4.96. The van der Waals surface area contributed by atoms with Crippen LogP contribution in [0.4, 0.5) is 0 Å². The van der Waals surface area contributed by atoms with Crippen LogP contribution in [0.5, 0.6) is 0 Å². The van der Waals surface area contributed by atoms with Gasteiger partial charge in [-0.2, -0.15) is 0 Å². The van der Waals surface area contributed by atoms with Crippen LogP contribution in [-0.2, 0) is 4.74 Å². The topological polar surface area (TPSA) is 58.7 Å². The van der Waals surface area contributed by atoms with Gasteiger partial charge < -0.3 is 20.5 Å². The van der Waals surface area contributed by atoms with E-state index in [4.69, 9.17) is 10.5 Å². The molecule has 3 unspecified atom stereocenters. The molecule has 2 aliphatic rings. The van der Waals surface area contributed by atoms with Gasteiger partial charge in [0.1, 0.15) is 0 Å². The number of aliphatic hydroxyl groups is 1. The first-order valence-corrected chi connectivity index (χ1v) is 7.91. The predicted octanol–water partition coefficient (Wildman–Crippen LogP) is 1.37. The maximum Gasteiger partial charge on any atom is 0.0702 e. The molecule has 112 valence electrons. The molecule has 1 aliphatic heterocycles. The lowest BCUT2D eigenvalue weighted by atomic mass is 9.86. The van der Waals surface area contributed by atoms with E-state index >= 15 is 0 Å². The summed E-state index contributed by atoms with van der Waals surface area (Å²) in [5, 5.41) is 9.49. The van der Waals surface area contributed by atoms with Gasteiger partial charge in [-0.3, -0.25) is 0 Å². The number of piperidine rings is 1. The fourth-order valence-corrected chi connectivity index (χ4v) is 3.74. The van der Waals surface area contributed by atoms with Crippen LogP contribution in [0.1, 0.15) is 45.4 Å². The summed E-state index contributed by atoms with van der Waals surface area (Å²) in [6.45, 7) is 6.38. The first-order chi connectivity index (χ1) is 9.18. The minimum Gasteiger partial charge on any atom is -0.394 e. The quantitative estimate of drug-likeness (QED) is 0.765. The monoisotopic (exact) mass is 270 g/mol. The van der Waals surface area contributed by atoms with E-state index < -0.39 is 0 Å². The number of aliphatic hydroxyl groups excluding tert-OH is 1. The molecule has 0 radical (unpaired) electrons. The summed E-state index contributed by atoms with van der Waals surface area (Å²) in [4.78, 5) is 2.51. The Kier molecular flexibility index (Phi) is 5.63. The summed E-state index contributed by atoms with van der Waals surface area (Å²) in [5.41, 5.74) is 5.99. The number of likely N-dealkylation sites (tertiary alicyclic amines) is 1. The lowest BCUT2D eigenvalue weighted by molar-refractivity contribution is 0.00348. The molecule has 19 heavy (non-hydrogen) atoms. The molecule has 1 heterocycles. The third kappa shape index (κ3) is 3.91. The molecule has 3 N–H and O–H groups in total. The van der Waals surface area contributed by atoms with E-state index in [1.807, 2.05) is 0 Å². The van der Waals surface area contributed by atoms with Gasteiger partial charge in [-0.1, -0.05) is 6.42 Å². The van der Waals surface area contributed by atoms with Gasteiger partial charge in [-0.05, 0) is 58.0 Å². The zero-order valence-electron chi connectivity index (χ0n) is 12.3. The summed E-state index contributed by atoms with van der Waals surface area (Å²) in [7, 11) is 0. The van der Waals surface area contributed by atoms with Crippen LogP contribution in [0.2, 0.25) is 0 Å². The van der Waals surface area contributed by atoms with Crippen molar-refractivity contribution < 1.29 is 9.84 Å². The Morgan fingerprint density at radius 2 is 2.21 bits per heavy atom. The number of ether oxygens (including phenoxy) is 1. The number of nitrogens with two attached hydrogens (primary N) is 1. The van der Waals surface area contributed by atoms with Crippen LogP contribution in [0.25, 0.3) is 0 Å². The molecule has 0 bridgehead atoms. The van der Waals surface area contributed by atoms with Crippen molar-refractivity contribution >= 4 is 0 Å². The molecule has 4 heteroatoms. The van der Waals surface area contributed by atoms with Crippen molar-refractivity contribution in [2.45, 2.75) is 57.1 Å². The standard InChI is InChI=1S/C15H30N2O2/c1-2-19-14-6-4-9-17(11-14)10-7-13-5-3-8-15(13,16)12-18/h13-14,18H,2-12,16H2,1H3. The Morgan fingerprint density at radius 1 is 1.37 bits per heavy atom. The maximum absolute atomic E-state index is 9.49. The highest BCUT2D eigenvalue weighted by Crippen LogP contribution is 2.35. The number of hydrogen-bond donors (Lipinski definition) is 2. The van der Waals surface area contributed by atoms with E-state index in [9.17, 15) is 5.11 Å². The molecule has 0 aromatic heterocycles. The fourth-order valence-electron chi connectivity index (χ4n) is 3.74. The maximum atomic E-state index is 9.49. The van der Waals surface area contributed by atoms with Crippen molar-refractivity contribution in [3.8, 4) is 0 Å². The third-order valence-electron chi connectivity index (χ3n) is 4.96. The molecule has 0 aromatic rings. The van der Waals surface area contributed by atoms with Gasteiger partial charge in [-0.25, -0.2) is 0 Å². The molecule has 1 aliphatic carbocycles. The smallest absolute Gasteiger partial charge is 0.0702 e. The van der Waals surface area contributed by atoms with Crippen molar-refractivity contribution in [2.24, 2.45) is 11.7 Å². The largest absolute Gasteiger partial charge is 0.394 e. The minimum atomic E-state index is -0.310. The van der Waals surface area contributed by atoms with Gasteiger partial charge in [-0.15, -0.1) is 0 Å². The highest BCUT2D eigenvalue weighted by Gasteiger charge is 2.38. The van der Waals surface area contributed by atoms with Crippen LogP contribution in [0.15, 0.2) is 0 Å². The second-order valence-electron chi connectivity index (χ2n) is 6.29. The number of nitrogens with zero attached hydrogens (tertiary/aromatic N) is 1. The molecular weight excluding hydrogens is 240 g/mol. The van der Waals surface area contributed by atoms with E-state index in [1.165, 1.54) is 32.2 Å². The summed E-state index contributed by atoms with van der Waals surface area (Å²) in [5.74, 6) is 0.491. The SMILES string of the molecule is CCOC1CCCN(CCC2CCCC2(N)CO)C1. The lowest BCUT2D eigenvalue weighted by Gasteiger charge is -2.35. The molecule has 1 saturated carbocycles. The molecular formula is C15H30N2O2. The predicted molar refractivity (Wildman–Crippen MR) is 77.1 cm³/mol. The van der Waals surface area contributed by atoms with Crippen molar-refractivity contribution in [1.82, 2.24) is 4.90 Å². The van der Waals surface area contributed by atoms with Crippen LogP contribution in [0, 0.1) is 5.92 Å². The van der Waals surface area contributed by atoms with Gasteiger partial charge in [0, 0.05) is 18.7 Å². The fraction of sp³-hybridized carbons (Fsp3) is 1.00. The lowest BCUT2D eigenvalue weighted by Crippen LogP contribution is -2.48. The molecule has 3 atom stereocenters. The molecule has 0 spiro atoms. The van der Waals surface area contributed by atoms with Crippen molar-refractivity contribution in [1.29, 1.82) is 0 Å². The molecule has 4 nitrogen and oxygen atoms in total. The van der Waals surface area contributed by atoms with Crippen LogP contribution in [0.3, 0.4) is 0 Å². The van der Waals surface area contributed by atoms with Gasteiger partial charge >= 0.3 is 0 Å². The van der Waals surface area contributed by atoms with E-state index in [-0.39, 0.29) is 12.1 Å². The molecule has 0 amide bonds. The van der Waals surface area contributed by atoms with Crippen molar-refractivity contribution in [3.05, 3.63) is 0 Å². The van der Waals surface area contributed by atoms with E-state index in [1.54, 1.807) is 0 Å². The molecule has 2 rings (SSSR count). The Bertz CT molecular complexity index is 273. The average Bonchev–Trinajstić information content (AvgIpc) is 2.79. The van der Waals surface area contributed by atoms with Crippen LogP contribution >= 0.6 is 0 Å². The first kappa shape index (κ1) is 15.2. The summed E-state index contributed by atoms with van der Waals surface area (Å²) < 4.78 is 5.74. The molecule has 2 fully saturated rings. The normalized spacial score (nSPS) is 36.8. The van der Waals surface area contributed by atoms with Gasteiger partial charge in [0.25, 0.3) is 0 Å². The second kappa shape index (κ2) is 7.02. The van der Waals surface area contributed by atoms with Crippen molar-refractivity contribution in [2.75, 3.05) is 32.8 Å². The molecule has 1 saturated heterocycles. The second-order valence-corrected chi connectivity index (χ2v) is 6.29. The van der Waals surface area contributed by atoms with Gasteiger partial charge in [0.15, 0.2) is 0 Å². The summed E-state index contributed by atoms with van der Waals surface area (Å²) in [6.07, 6.45) is 7.31. The first-order valence-electron chi connectivity index (χ1n) is 7.91. The highest BCUT2D eigenvalue weighted by atomic mass is 16.5. The Balaban J connectivity index is 1.75. The third-order valence-corrected chi connectivity index (χ3v) is 4.96. The average molecular weight is 270 g/mol. The minimum absolute atomic E-state index is 0.138. The Labute approximate surface area is 117 Å². The molecule has 0 aromatic carbocycles. The summed E-state index contributed by atoms with van der Waals surface area (Å²) >= 11 is 0. The van der Waals surface area contributed by atoms with E-state index in [2.05, 4.69) is 11.8 Å².